The minimum atomic E-state index is -1.69. The quantitative estimate of drug-likeness (QED) is 0.269. The summed E-state index contributed by atoms with van der Waals surface area (Å²) in [4.78, 5) is 0. The van der Waals surface area contributed by atoms with E-state index in [1.54, 1.807) is 0 Å². The number of hydrogen-bond donors (Lipinski definition) is 7. The van der Waals surface area contributed by atoms with E-state index in [2.05, 4.69) is 0 Å². The number of aliphatic hydroxyl groups excluding tert-OH is 7. The molecule has 2 rings (SSSR count). The van der Waals surface area contributed by atoms with Gasteiger partial charge in [-0.15, -0.1) is 0 Å². The van der Waals surface area contributed by atoms with Crippen LogP contribution in [0.5, 0.6) is 0 Å². The minimum absolute atomic E-state index is 0.619. The fraction of sp³-hybridized carbons (Fsp3) is 1.00. The molecular weight excluding hydrogens is 304 g/mol. The molecule has 2 fully saturated rings. The molecule has 130 valence electrons. The molecule has 2 aliphatic rings. The van der Waals surface area contributed by atoms with Gasteiger partial charge >= 0.3 is 0 Å². The highest BCUT2D eigenvalue weighted by atomic mass is 16.7. The summed E-state index contributed by atoms with van der Waals surface area (Å²) in [6.07, 6.45) is -14.3. The number of ether oxygens (including phenoxy) is 3. The summed E-state index contributed by atoms with van der Waals surface area (Å²) in [7, 11) is 0. The van der Waals surface area contributed by atoms with Crippen molar-refractivity contribution in [3.8, 4) is 0 Å². The first-order valence-electron chi connectivity index (χ1n) is 6.93. The van der Waals surface area contributed by atoms with Gasteiger partial charge in [-0.1, -0.05) is 0 Å². The zero-order valence-corrected chi connectivity index (χ0v) is 11.8. The van der Waals surface area contributed by atoms with Crippen LogP contribution in [-0.2, 0) is 14.2 Å². The van der Waals surface area contributed by atoms with Crippen LogP contribution in [0.2, 0.25) is 0 Å². The summed E-state index contributed by atoms with van der Waals surface area (Å²) in [6.45, 7) is 0.823. The normalized spacial score (nSPS) is 53.5. The lowest BCUT2D eigenvalue weighted by Gasteiger charge is -2.44. The van der Waals surface area contributed by atoms with Crippen molar-refractivity contribution in [2.45, 2.75) is 68.3 Å². The zero-order chi connectivity index (χ0) is 16.6. The highest BCUT2D eigenvalue weighted by molar-refractivity contribution is 4.92. The second kappa shape index (κ2) is 7.01. The molecule has 10 atom stereocenters. The molecule has 2 heterocycles. The third kappa shape index (κ3) is 3.26. The van der Waals surface area contributed by atoms with Crippen LogP contribution in [0.4, 0.5) is 0 Å². The SMILES string of the molecule is C[C@@H]1O[C@@H](O[C@H]2C(O)O[C@H](CO)[C@H](O)[C@@H]2O)[C@@H](O)[C@H](O)[C@@H]1O. The fourth-order valence-corrected chi connectivity index (χ4v) is 2.50. The van der Waals surface area contributed by atoms with Crippen molar-refractivity contribution in [2.75, 3.05) is 6.61 Å². The van der Waals surface area contributed by atoms with Gasteiger partial charge in [0.2, 0.25) is 0 Å². The molecule has 0 spiro atoms. The maximum absolute atomic E-state index is 9.93. The lowest BCUT2D eigenvalue weighted by Crippen LogP contribution is -2.63. The predicted molar refractivity (Wildman–Crippen MR) is 67.2 cm³/mol. The molecule has 10 heteroatoms. The van der Waals surface area contributed by atoms with Crippen LogP contribution in [0.3, 0.4) is 0 Å². The van der Waals surface area contributed by atoms with E-state index in [0.717, 1.165) is 0 Å². The van der Waals surface area contributed by atoms with Crippen molar-refractivity contribution in [3.05, 3.63) is 0 Å². The second-order valence-corrected chi connectivity index (χ2v) is 5.51. The largest absolute Gasteiger partial charge is 0.394 e. The molecule has 0 amide bonds. The molecule has 22 heavy (non-hydrogen) atoms. The fourth-order valence-electron chi connectivity index (χ4n) is 2.50. The first-order chi connectivity index (χ1) is 10.3. The van der Waals surface area contributed by atoms with Gasteiger partial charge in [0, 0.05) is 0 Å². The van der Waals surface area contributed by atoms with E-state index in [0.29, 0.717) is 0 Å². The van der Waals surface area contributed by atoms with Crippen molar-refractivity contribution in [3.63, 3.8) is 0 Å². The van der Waals surface area contributed by atoms with Crippen LogP contribution in [0.25, 0.3) is 0 Å². The van der Waals surface area contributed by atoms with E-state index in [9.17, 15) is 30.6 Å². The molecule has 0 saturated carbocycles. The molecular formula is C12H22O10. The van der Waals surface area contributed by atoms with Gasteiger partial charge < -0.3 is 50.0 Å². The van der Waals surface area contributed by atoms with E-state index in [1.165, 1.54) is 6.92 Å². The van der Waals surface area contributed by atoms with Gasteiger partial charge in [0.15, 0.2) is 12.6 Å². The third-order valence-corrected chi connectivity index (χ3v) is 3.94. The standard InChI is InChI=1S/C12H22O10/c1-3-5(14)7(16)9(18)12(20-3)22-10-8(17)6(15)4(2-13)21-11(10)19/h3-19H,2H2,1H3/t3-,4+,5+,6-,7+,8-,9-,10+,11?,12-/m0/s1. The monoisotopic (exact) mass is 326 g/mol. The van der Waals surface area contributed by atoms with Gasteiger partial charge in [0.05, 0.1) is 12.7 Å². The molecule has 0 radical (unpaired) electrons. The van der Waals surface area contributed by atoms with Crippen LogP contribution >= 0.6 is 0 Å². The first kappa shape index (κ1) is 17.9. The van der Waals surface area contributed by atoms with Crippen LogP contribution in [0, 0.1) is 0 Å². The van der Waals surface area contributed by atoms with E-state index >= 15 is 0 Å². The molecule has 0 aromatic rings. The van der Waals surface area contributed by atoms with Crippen molar-refractivity contribution in [2.24, 2.45) is 0 Å². The van der Waals surface area contributed by atoms with Crippen LogP contribution < -0.4 is 0 Å². The average Bonchev–Trinajstić information content (AvgIpc) is 2.49. The lowest BCUT2D eigenvalue weighted by atomic mass is 9.97. The topological polar surface area (TPSA) is 169 Å². The van der Waals surface area contributed by atoms with Crippen molar-refractivity contribution in [1.29, 1.82) is 0 Å². The molecule has 0 aromatic carbocycles. The maximum Gasteiger partial charge on any atom is 0.187 e. The summed E-state index contributed by atoms with van der Waals surface area (Å²) >= 11 is 0. The van der Waals surface area contributed by atoms with E-state index in [4.69, 9.17) is 19.3 Å². The van der Waals surface area contributed by atoms with E-state index < -0.39 is 68.0 Å². The number of hydrogen-bond acceptors (Lipinski definition) is 10. The summed E-state index contributed by atoms with van der Waals surface area (Å²) in [5.41, 5.74) is 0. The molecule has 2 saturated heterocycles. The summed E-state index contributed by atoms with van der Waals surface area (Å²) < 4.78 is 15.3. The first-order valence-corrected chi connectivity index (χ1v) is 6.93. The van der Waals surface area contributed by atoms with Gasteiger partial charge in [-0.05, 0) is 6.92 Å². The van der Waals surface area contributed by atoms with Gasteiger partial charge in [-0.2, -0.15) is 0 Å². The molecule has 1 unspecified atom stereocenters. The predicted octanol–water partition coefficient (Wildman–Crippen LogP) is -4.37. The van der Waals surface area contributed by atoms with Crippen molar-refractivity contribution < 1.29 is 50.0 Å². The lowest BCUT2D eigenvalue weighted by molar-refractivity contribution is -0.358. The third-order valence-electron chi connectivity index (χ3n) is 3.94. The smallest absolute Gasteiger partial charge is 0.187 e. The molecule has 0 aromatic heterocycles. The van der Waals surface area contributed by atoms with Crippen LogP contribution in [0.15, 0.2) is 0 Å². The Morgan fingerprint density at radius 2 is 1.45 bits per heavy atom. The second-order valence-electron chi connectivity index (χ2n) is 5.51. The molecule has 0 aliphatic carbocycles. The Kier molecular flexibility index (Phi) is 5.72. The molecule has 10 nitrogen and oxygen atoms in total. The zero-order valence-electron chi connectivity index (χ0n) is 11.8. The Morgan fingerprint density at radius 3 is 2.05 bits per heavy atom. The van der Waals surface area contributed by atoms with Gasteiger partial charge in [-0.3, -0.25) is 0 Å². The number of aliphatic hydroxyl groups is 7. The molecule has 2 aliphatic heterocycles. The minimum Gasteiger partial charge on any atom is -0.394 e. The van der Waals surface area contributed by atoms with E-state index in [-0.39, 0.29) is 0 Å². The Bertz CT molecular complexity index is 368. The Morgan fingerprint density at radius 1 is 0.818 bits per heavy atom. The Labute approximate surface area is 126 Å². The average molecular weight is 326 g/mol. The molecule has 7 N–H and O–H groups in total. The number of rotatable bonds is 3. The van der Waals surface area contributed by atoms with Crippen molar-refractivity contribution in [1.82, 2.24) is 0 Å². The Balaban J connectivity index is 2.06. The van der Waals surface area contributed by atoms with Crippen LogP contribution in [-0.4, -0.2) is 104 Å². The highest BCUT2D eigenvalue weighted by Gasteiger charge is 2.49. The maximum atomic E-state index is 9.93. The summed E-state index contributed by atoms with van der Waals surface area (Å²) in [5, 5.41) is 67.5. The summed E-state index contributed by atoms with van der Waals surface area (Å²) in [6, 6.07) is 0. The summed E-state index contributed by atoms with van der Waals surface area (Å²) in [5.74, 6) is 0. The molecule has 0 bridgehead atoms. The van der Waals surface area contributed by atoms with Gasteiger partial charge in [0.1, 0.15) is 42.7 Å². The van der Waals surface area contributed by atoms with Crippen molar-refractivity contribution >= 4 is 0 Å². The van der Waals surface area contributed by atoms with E-state index in [1.807, 2.05) is 0 Å². The van der Waals surface area contributed by atoms with Gasteiger partial charge in [0.25, 0.3) is 0 Å². The Hall–Kier alpha value is -0.400. The highest BCUT2D eigenvalue weighted by Crippen LogP contribution is 2.28. The van der Waals surface area contributed by atoms with Crippen LogP contribution in [0.1, 0.15) is 6.92 Å². The van der Waals surface area contributed by atoms with Gasteiger partial charge in [-0.25, -0.2) is 0 Å².